The third-order valence-corrected chi connectivity index (χ3v) is 4.66. The summed E-state index contributed by atoms with van der Waals surface area (Å²) >= 11 is 3.37. The van der Waals surface area contributed by atoms with Crippen LogP contribution in [0.5, 0.6) is 0 Å². The fraction of sp³-hybridized carbons (Fsp3) is 0.312. The van der Waals surface area contributed by atoms with E-state index >= 15 is 0 Å². The Morgan fingerprint density at radius 1 is 1.22 bits per heavy atom. The molecule has 1 aromatic carbocycles. The summed E-state index contributed by atoms with van der Waals surface area (Å²) in [5.41, 5.74) is 0.617. The molecule has 0 unspecified atom stereocenters. The van der Waals surface area contributed by atoms with E-state index < -0.39 is 11.9 Å². The van der Waals surface area contributed by atoms with Crippen molar-refractivity contribution in [1.29, 1.82) is 0 Å². The Bertz CT molecular complexity index is 838. The number of carbonyl (C=O) groups excluding carboxylic acids is 1. The first-order chi connectivity index (χ1) is 11.0. The topological polar surface area (TPSA) is 90.5 Å². The SMILES string of the molecule is O=C(O)C1CCN(C(=O)c2cc(=O)[nH]c3ccc(Br)cc23)CC1. The van der Waals surface area contributed by atoms with E-state index in [9.17, 15) is 14.4 Å². The van der Waals surface area contributed by atoms with Crippen LogP contribution in [0, 0.1) is 5.92 Å². The molecule has 0 saturated carbocycles. The Hall–Kier alpha value is -2.15. The second kappa shape index (κ2) is 6.16. The summed E-state index contributed by atoms with van der Waals surface area (Å²) in [4.78, 5) is 39.9. The highest BCUT2D eigenvalue weighted by atomic mass is 79.9. The number of H-pyrrole nitrogens is 1. The van der Waals surface area contributed by atoms with Crippen molar-refractivity contribution in [2.45, 2.75) is 12.8 Å². The molecule has 1 fully saturated rings. The lowest BCUT2D eigenvalue weighted by molar-refractivity contribution is -0.143. The number of carboxylic acid groups (broad SMARTS) is 1. The first kappa shape index (κ1) is 15.7. The number of rotatable bonds is 2. The average Bonchev–Trinajstić information content (AvgIpc) is 2.54. The van der Waals surface area contributed by atoms with Gasteiger partial charge in [0.1, 0.15) is 0 Å². The van der Waals surface area contributed by atoms with E-state index in [4.69, 9.17) is 5.11 Å². The number of fused-ring (bicyclic) bond motifs is 1. The van der Waals surface area contributed by atoms with E-state index in [1.54, 1.807) is 23.1 Å². The fourth-order valence-corrected chi connectivity index (χ4v) is 3.26. The number of hydrogen-bond acceptors (Lipinski definition) is 3. The van der Waals surface area contributed by atoms with Crippen LogP contribution in [0.3, 0.4) is 0 Å². The Labute approximate surface area is 140 Å². The highest BCUT2D eigenvalue weighted by Crippen LogP contribution is 2.24. The Morgan fingerprint density at radius 2 is 1.91 bits per heavy atom. The number of nitrogens with one attached hydrogen (secondary N) is 1. The molecule has 0 spiro atoms. The number of aromatic nitrogens is 1. The quantitative estimate of drug-likeness (QED) is 0.837. The lowest BCUT2D eigenvalue weighted by Crippen LogP contribution is -2.40. The number of amides is 1. The molecule has 1 aromatic heterocycles. The largest absolute Gasteiger partial charge is 0.481 e. The summed E-state index contributed by atoms with van der Waals surface area (Å²) in [7, 11) is 0. The minimum absolute atomic E-state index is 0.233. The van der Waals surface area contributed by atoms with Crippen molar-refractivity contribution in [3.05, 3.63) is 44.7 Å². The molecule has 2 aromatic rings. The summed E-state index contributed by atoms with van der Waals surface area (Å²) in [5.74, 6) is -1.45. The molecular weight excluding hydrogens is 364 g/mol. The zero-order valence-corrected chi connectivity index (χ0v) is 13.8. The standard InChI is InChI=1S/C16H15BrN2O4/c17-10-1-2-13-11(7-10)12(8-14(20)18-13)15(21)19-5-3-9(4-6-19)16(22)23/h1-2,7-9H,3-6H2,(H,18,20)(H,22,23). The van der Waals surface area contributed by atoms with E-state index in [1.807, 2.05) is 0 Å². The molecule has 1 aliphatic heterocycles. The Kier molecular flexibility index (Phi) is 4.21. The van der Waals surface area contributed by atoms with Crippen LogP contribution in [0.15, 0.2) is 33.5 Å². The van der Waals surface area contributed by atoms with Crippen LogP contribution in [-0.4, -0.2) is 40.0 Å². The maximum atomic E-state index is 12.8. The van der Waals surface area contributed by atoms with Crippen LogP contribution < -0.4 is 5.56 Å². The summed E-state index contributed by atoms with van der Waals surface area (Å²) in [6.45, 7) is 0.774. The van der Waals surface area contributed by atoms with Gasteiger partial charge in [-0.3, -0.25) is 14.4 Å². The van der Waals surface area contributed by atoms with Gasteiger partial charge in [-0.15, -0.1) is 0 Å². The van der Waals surface area contributed by atoms with Gasteiger partial charge in [0.05, 0.1) is 11.5 Å². The number of pyridine rings is 1. The molecule has 0 radical (unpaired) electrons. The monoisotopic (exact) mass is 378 g/mol. The van der Waals surface area contributed by atoms with Crippen LogP contribution in [0.1, 0.15) is 23.2 Å². The third kappa shape index (κ3) is 3.14. The summed E-state index contributed by atoms with van der Waals surface area (Å²) in [6.07, 6.45) is 0.873. The van der Waals surface area contributed by atoms with Gasteiger partial charge in [0.15, 0.2) is 0 Å². The lowest BCUT2D eigenvalue weighted by atomic mass is 9.96. The van der Waals surface area contributed by atoms with Gasteiger partial charge in [0.2, 0.25) is 5.56 Å². The molecule has 1 amide bonds. The second-order valence-corrected chi connectivity index (χ2v) is 6.56. The van der Waals surface area contributed by atoms with Gasteiger partial charge >= 0.3 is 5.97 Å². The van der Waals surface area contributed by atoms with Crippen LogP contribution in [0.4, 0.5) is 0 Å². The van der Waals surface area contributed by atoms with Gasteiger partial charge in [0, 0.05) is 34.5 Å². The zero-order valence-electron chi connectivity index (χ0n) is 12.2. The van der Waals surface area contributed by atoms with Gasteiger partial charge in [-0.05, 0) is 31.0 Å². The van der Waals surface area contributed by atoms with E-state index in [0.717, 1.165) is 4.47 Å². The van der Waals surface area contributed by atoms with Gasteiger partial charge in [-0.1, -0.05) is 15.9 Å². The number of benzene rings is 1. The highest BCUT2D eigenvalue weighted by molar-refractivity contribution is 9.10. The summed E-state index contributed by atoms with van der Waals surface area (Å²) in [5, 5.41) is 9.70. The predicted octanol–water partition coefficient (Wildman–Crippen LogP) is 2.23. The van der Waals surface area contributed by atoms with Gasteiger partial charge < -0.3 is 15.0 Å². The number of aliphatic carboxylic acids is 1. The van der Waals surface area contributed by atoms with Gasteiger partial charge in [0.25, 0.3) is 5.91 Å². The van der Waals surface area contributed by atoms with Crippen LogP contribution >= 0.6 is 15.9 Å². The molecule has 120 valence electrons. The maximum Gasteiger partial charge on any atom is 0.306 e. The van der Waals surface area contributed by atoms with Gasteiger partial charge in [-0.2, -0.15) is 0 Å². The number of likely N-dealkylation sites (tertiary alicyclic amines) is 1. The molecular formula is C16H15BrN2O4. The average molecular weight is 379 g/mol. The van der Waals surface area contributed by atoms with E-state index in [0.29, 0.717) is 42.4 Å². The number of piperidine rings is 1. The number of hydrogen-bond donors (Lipinski definition) is 2. The molecule has 23 heavy (non-hydrogen) atoms. The molecule has 1 aliphatic rings. The molecule has 6 nitrogen and oxygen atoms in total. The summed E-state index contributed by atoms with van der Waals surface area (Å²) in [6, 6.07) is 6.64. The van der Waals surface area contributed by atoms with Crippen molar-refractivity contribution in [2.24, 2.45) is 5.92 Å². The van der Waals surface area contributed by atoms with E-state index in [2.05, 4.69) is 20.9 Å². The minimum atomic E-state index is -0.817. The fourth-order valence-electron chi connectivity index (χ4n) is 2.90. The van der Waals surface area contributed by atoms with Crippen molar-refractivity contribution >= 4 is 38.7 Å². The van der Waals surface area contributed by atoms with Crippen LogP contribution in [0.2, 0.25) is 0 Å². The molecule has 0 bridgehead atoms. The second-order valence-electron chi connectivity index (χ2n) is 5.64. The number of nitrogens with zero attached hydrogens (tertiary/aromatic N) is 1. The van der Waals surface area contributed by atoms with Crippen molar-refractivity contribution in [3.8, 4) is 0 Å². The van der Waals surface area contributed by atoms with Crippen molar-refractivity contribution in [1.82, 2.24) is 9.88 Å². The highest BCUT2D eigenvalue weighted by Gasteiger charge is 2.28. The molecule has 2 heterocycles. The predicted molar refractivity (Wildman–Crippen MR) is 88.5 cm³/mol. The molecule has 1 saturated heterocycles. The Balaban J connectivity index is 1.94. The Morgan fingerprint density at radius 3 is 2.57 bits per heavy atom. The maximum absolute atomic E-state index is 12.8. The number of halogens is 1. The molecule has 3 rings (SSSR count). The minimum Gasteiger partial charge on any atom is -0.481 e. The number of carbonyl (C=O) groups is 2. The molecule has 0 aliphatic carbocycles. The van der Waals surface area contributed by atoms with E-state index in [1.165, 1.54) is 6.07 Å². The van der Waals surface area contributed by atoms with Gasteiger partial charge in [-0.25, -0.2) is 0 Å². The third-order valence-electron chi connectivity index (χ3n) is 4.17. The molecule has 2 N–H and O–H groups in total. The van der Waals surface area contributed by atoms with E-state index in [-0.39, 0.29) is 11.5 Å². The van der Waals surface area contributed by atoms with Crippen molar-refractivity contribution in [2.75, 3.05) is 13.1 Å². The first-order valence-corrected chi connectivity index (χ1v) is 8.09. The number of aromatic amines is 1. The first-order valence-electron chi connectivity index (χ1n) is 7.30. The summed E-state index contributed by atoms with van der Waals surface area (Å²) < 4.78 is 0.815. The van der Waals surface area contributed by atoms with Crippen LogP contribution in [0.25, 0.3) is 10.9 Å². The van der Waals surface area contributed by atoms with Crippen LogP contribution in [-0.2, 0) is 4.79 Å². The smallest absolute Gasteiger partial charge is 0.306 e. The van der Waals surface area contributed by atoms with Crippen molar-refractivity contribution in [3.63, 3.8) is 0 Å². The number of carboxylic acids is 1. The van der Waals surface area contributed by atoms with Crippen molar-refractivity contribution < 1.29 is 14.7 Å². The molecule has 7 heteroatoms. The normalized spacial score (nSPS) is 15.8. The zero-order chi connectivity index (χ0) is 16.6. The molecule has 0 atom stereocenters. The lowest BCUT2D eigenvalue weighted by Gasteiger charge is -2.30.